The number of halogens is 1. The van der Waals surface area contributed by atoms with Gasteiger partial charge in [0.1, 0.15) is 23.2 Å². The fraction of sp³-hybridized carbons (Fsp3) is 0.0476. The Hall–Kier alpha value is -3.89. The molecular weight excluding hydrogens is 394 g/mol. The summed E-state index contributed by atoms with van der Waals surface area (Å²) in [6, 6.07) is 16.4. The van der Waals surface area contributed by atoms with Crippen LogP contribution in [0.5, 0.6) is 5.75 Å². The number of amides is 1. The number of ether oxygens (including phenoxy) is 1. The zero-order valence-electron chi connectivity index (χ0n) is 15.2. The molecule has 0 bridgehead atoms. The van der Waals surface area contributed by atoms with E-state index < -0.39 is 11.9 Å². The van der Waals surface area contributed by atoms with E-state index in [1.165, 1.54) is 24.3 Å². The summed E-state index contributed by atoms with van der Waals surface area (Å²) in [6.07, 6.45) is 1.36. The average molecular weight is 408 g/mol. The highest BCUT2D eigenvalue weighted by Gasteiger charge is 2.14. The van der Waals surface area contributed by atoms with Crippen molar-refractivity contribution in [3.05, 3.63) is 82.1 Å². The Labute approximate surface area is 171 Å². The molecule has 1 aromatic heterocycles. The Morgan fingerprint density at radius 1 is 1.21 bits per heavy atom. The standard InChI is InChI=1S/C21H14ClN3O4/c1-13-9-19(25-29-13)24-20(26)16(12-23)10-14-7-8-18(17(22)11-14)28-21(27)15-5-3-2-4-6-15/h2-11H,1H3,(H,24,25,26). The van der Waals surface area contributed by atoms with Gasteiger partial charge in [0, 0.05) is 6.07 Å². The number of carbonyl (C=O) groups is 2. The van der Waals surface area contributed by atoms with Gasteiger partial charge in [-0.3, -0.25) is 4.79 Å². The number of nitrogens with one attached hydrogen (secondary N) is 1. The van der Waals surface area contributed by atoms with Crippen molar-refractivity contribution < 1.29 is 18.8 Å². The highest BCUT2D eigenvalue weighted by molar-refractivity contribution is 6.32. The molecule has 0 fully saturated rings. The predicted molar refractivity (Wildman–Crippen MR) is 106 cm³/mol. The maximum Gasteiger partial charge on any atom is 0.343 e. The molecule has 1 amide bonds. The lowest BCUT2D eigenvalue weighted by Crippen LogP contribution is -2.13. The minimum atomic E-state index is -0.642. The fourth-order valence-electron chi connectivity index (χ4n) is 2.35. The number of aromatic nitrogens is 1. The molecule has 1 heterocycles. The molecule has 0 aliphatic carbocycles. The molecule has 144 valence electrons. The van der Waals surface area contributed by atoms with Crippen molar-refractivity contribution >= 4 is 35.4 Å². The number of anilines is 1. The van der Waals surface area contributed by atoms with Crippen LogP contribution in [0.15, 0.2) is 64.7 Å². The minimum Gasteiger partial charge on any atom is -0.421 e. The predicted octanol–water partition coefficient (Wildman–Crippen LogP) is 4.40. The van der Waals surface area contributed by atoms with E-state index in [-0.39, 0.29) is 22.2 Å². The van der Waals surface area contributed by atoms with Crippen molar-refractivity contribution in [1.82, 2.24) is 5.16 Å². The van der Waals surface area contributed by atoms with Gasteiger partial charge < -0.3 is 14.6 Å². The van der Waals surface area contributed by atoms with Crippen LogP contribution in [-0.4, -0.2) is 17.0 Å². The smallest absolute Gasteiger partial charge is 0.343 e. The minimum absolute atomic E-state index is 0.157. The second-order valence-electron chi connectivity index (χ2n) is 5.89. The van der Waals surface area contributed by atoms with E-state index in [4.69, 9.17) is 20.9 Å². The third-order valence-corrected chi connectivity index (χ3v) is 4.01. The van der Waals surface area contributed by atoms with E-state index in [2.05, 4.69) is 10.5 Å². The Balaban J connectivity index is 1.75. The zero-order chi connectivity index (χ0) is 20.8. The largest absolute Gasteiger partial charge is 0.421 e. The number of carbonyl (C=O) groups excluding carboxylic acids is 2. The van der Waals surface area contributed by atoms with E-state index >= 15 is 0 Å². The topological polar surface area (TPSA) is 105 Å². The van der Waals surface area contributed by atoms with Gasteiger partial charge in [-0.05, 0) is 42.8 Å². The number of hydrogen-bond acceptors (Lipinski definition) is 6. The molecular formula is C21H14ClN3O4. The molecule has 0 aliphatic heterocycles. The third kappa shape index (κ3) is 5.09. The van der Waals surface area contributed by atoms with Gasteiger partial charge in [-0.25, -0.2) is 4.79 Å². The summed E-state index contributed by atoms with van der Waals surface area (Å²) in [6.45, 7) is 1.68. The summed E-state index contributed by atoms with van der Waals surface area (Å²) in [5.74, 6) is -0.295. The lowest BCUT2D eigenvalue weighted by atomic mass is 10.1. The van der Waals surface area contributed by atoms with E-state index in [0.29, 0.717) is 16.9 Å². The molecule has 1 N–H and O–H groups in total. The number of nitrogens with zero attached hydrogens (tertiary/aromatic N) is 2. The fourth-order valence-corrected chi connectivity index (χ4v) is 2.57. The summed E-state index contributed by atoms with van der Waals surface area (Å²) < 4.78 is 10.2. The molecule has 0 unspecified atom stereocenters. The summed E-state index contributed by atoms with van der Waals surface area (Å²) >= 11 is 6.19. The van der Waals surface area contributed by atoms with Crippen LogP contribution < -0.4 is 10.1 Å². The Morgan fingerprint density at radius 3 is 2.59 bits per heavy atom. The molecule has 0 radical (unpaired) electrons. The first kappa shape index (κ1) is 19.9. The molecule has 0 atom stereocenters. The molecule has 3 aromatic rings. The van der Waals surface area contributed by atoms with Gasteiger partial charge in [0.25, 0.3) is 5.91 Å². The monoisotopic (exact) mass is 407 g/mol. The Bertz CT molecular complexity index is 1130. The quantitative estimate of drug-likeness (QED) is 0.291. The molecule has 8 heteroatoms. The second kappa shape index (κ2) is 8.87. The average Bonchev–Trinajstić information content (AvgIpc) is 3.13. The van der Waals surface area contributed by atoms with Crippen molar-refractivity contribution in [2.75, 3.05) is 5.32 Å². The van der Waals surface area contributed by atoms with Crippen molar-refractivity contribution in [1.29, 1.82) is 5.26 Å². The van der Waals surface area contributed by atoms with Crippen LogP contribution in [0.2, 0.25) is 5.02 Å². The van der Waals surface area contributed by atoms with E-state index in [1.54, 1.807) is 43.3 Å². The van der Waals surface area contributed by atoms with Gasteiger partial charge in [0.05, 0.1) is 10.6 Å². The molecule has 0 saturated heterocycles. The third-order valence-electron chi connectivity index (χ3n) is 3.71. The lowest BCUT2D eigenvalue weighted by Gasteiger charge is -2.07. The van der Waals surface area contributed by atoms with Crippen LogP contribution in [0.3, 0.4) is 0 Å². The number of rotatable bonds is 5. The number of benzene rings is 2. The van der Waals surface area contributed by atoms with E-state index in [1.807, 2.05) is 6.07 Å². The number of hydrogen-bond donors (Lipinski definition) is 1. The van der Waals surface area contributed by atoms with Gasteiger partial charge >= 0.3 is 5.97 Å². The molecule has 0 spiro atoms. The summed E-state index contributed by atoms with van der Waals surface area (Å²) in [5.41, 5.74) is 0.715. The van der Waals surface area contributed by atoms with Crippen LogP contribution in [-0.2, 0) is 4.79 Å². The Kier molecular flexibility index (Phi) is 6.07. The van der Waals surface area contributed by atoms with Crippen molar-refractivity contribution in [3.8, 4) is 11.8 Å². The van der Waals surface area contributed by atoms with Crippen molar-refractivity contribution in [3.63, 3.8) is 0 Å². The molecule has 3 rings (SSSR count). The Morgan fingerprint density at radius 2 is 1.97 bits per heavy atom. The molecule has 2 aromatic carbocycles. The van der Waals surface area contributed by atoms with Crippen molar-refractivity contribution in [2.45, 2.75) is 6.92 Å². The van der Waals surface area contributed by atoms with E-state index in [9.17, 15) is 14.9 Å². The zero-order valence-corrected chi connectivity index (χ0v) is 15.9. The first-order valence-electron chi connectivity index (χ1n) is 8.39. The first-order chi connectivity index (χ1) is 14.0. The highest BCUT2D eigenvalue weighted by Crippen LogP contribution is 2.27. The SMILES string of the molecule is Cc1cc(NC(=O)C(C#N)=Cc2ccc(OC(=O)c3ccccc3)c(Cl)c2)no1. The van der Waals surface area contributed by atoms with Crippen LogP contribution in [0.4, 0.5) is 5.82 Å². The van der Waals surface area contributed by atoms with Crippen LogP contribution in [0, 0.1) is 18.3 Å². The molecule has 29 heavy (non-hydrogen) atoms. The maximum absolute atomic E-state index is 12.2. The van der Waals surface area contributed by atoms with E-state index in [0.717, 1.165) is 0 Å². The highest BCUT2D eigenvalue weighted by atomic mass is 35.5. The summed E-state index contributed by atoms with van der Waals surface area (Å²) in [4.78, 5) is 24.4. The number of nitriles is 1. The van der Waals surface area contributed by atoms with Crippen LogP contribution >= 0.6 is 11.6 Å². The van der Waals surface area contributed by atoms with Gasteiger partial charge in [-0.15, -0.1) is 0 Å². The van der Waals surface area contributed by atoms with Gasteiger partial charge in [0.2, 0.25) is 0 Å². The normalized spacial score (nSPS) is 10.9. The summed E-state index contributed by atoms with van der Waals surface area (Å²) in [7, 11) is 0. The molecule has 7 nitrogen and oxygen atoms in total. The number of esters is 1. The van der Waals surface area contributed by atoms with Gasteiger partial charge in [0.15, 0.2) is 5.82 Å². The second-order valence-corrected chi connectivity index (χ2v) is 6.30. The van der Waals surface area contributed by atoms with Crippen LogP contribution in [0.25, 0.3) is 6.08 Å². The van der Waals surface area contributed by atoms with Crippen LogP contribution in [0.1, 0.15) is 21.7 Å². The van der Waals surface area contributed by atoms with Gasteiger partial charge in [-0.1, -0.05) is 41.0 Å². The molecule has 0 aliphatic rings. The molecule has 0 saturated carbocycles. The first-order valence-corrected chi connectivity index (χ1v) is 8.77. The van der Waals surface area contributed by atoms with Gasteiger partial charge in [-0.2, -0.15) is 5.26 Å². The van der Waals surface area contributed by atoms with Crippen molar-refractivity contribution in [2.24, 2.45) is 0 Å². The summed E-state index contributed by atoms with van der Waals surface area (Å²) in [5, 5.41) is 15.6. The number of aryl methyl sites for hydroxylation is 1. The maximum atomic E-state index is 12.2. The lowest BCUT2D eigenvalue weighted by molar-refractivity contribution is -0.112.